The van der Waals surface area contributed by atoms with Crippen molar-refractivity contribution in [1.82, 2.24) is 10.1 Å². The minimum Gasteiger partial charge on any atom is -0.296 e. The number of hydrogen-bond donors (Lipinski definition) is 1. The second-order valence-electron chi connectivity index (χ2n) is 1.54. The van der Waals surface area contributed by atoms with Gasteiger partial charge in [-0.2, -0.15) is 0 Å². The summed E-state index contributed by atoms with van der Waals surface area (Å²) in [4.78, 5) is 12.7. The molecule has 0 amide bonds. The van der Waals surface area contributed by atoms with E-state index in [9.17, 15) is 4.79 Å². The molecule has 0 aliphatic rings. The van der Waals surface area contributed by atoms with Gasteiger partial charge in [0.25, 0.3) is 0 Å². The molecule has 0 spiro atoms. The first-order valence-corrected chi connectivity index (χ1v) is 2.52. The highest BCUT2D eigenvalue weighted by Gasteiger charge is 1.95. The summed E-state index contributed by atoms with van der Waals surface area (Å²) in [5.41, 5.74) is 0. The van der Waals surface area contributed by atoms with Gasteiger partial charge < -0.3 is 0 Å². The molecule has 4 heteroatoms. The van der Waals surface area contributed by atoms with Gasteiger partial charge in [-0.3, -0.25) is 9.51 Å². The molecular weight excluding hydrogens is 120 g/mol. The Morgan fingerprint density at radius 1 is 2.00 bits per heavy atom. The second kappa shape index (κ2) is 2.48. The Kier molecular flexibility index (Phi) is 0.880. The molecule has 50 valence electrons. The van der Waals surface area contributed by atoms with Crippen molar-refractivity contribution in [2.45, 2.75) is 19.7 Å². The Labute approximate surface area is 56.1 Å². The number of H-pyrrole nitrogens is 1. The van der Waals surface area contributed by atoms with Gasteiger partial charge in [-0.05, 0) is 6.42 Å². The van der Waals surface area contributed by atoms with Crippen LogP contribution in [0.4, 0.5) is 0 Å². The summed E-state index contributed by atoms with van der Waals surface area (Å²) in [6, 6.07) is 0. The van der Waals surface area contributed by atoms with Crippen molar-refractivity contribution < 1.29 is 8.64 Å². The lowest BCUT2D eigenvalue weighted by atomic mass is 10.3. The average molecular weight is 131 g/mol. The topological polar surface area (TPSA) is 58.9 Å². The molecular formula is C5H8N2O2. The fourth-order valence-electron chi connectivity index (χ4n) is 0.487. The van der Waals surface area contributed by atoms with E-state index in [2.05, 4.69) is 14.7 Å². The molecule has 0 saturated heterocycles. The third-order valence-corrected chi connectivity index (χ3v) is 0.847. The largest absolute Gasteiger partial charge is 0.438 e. The Morgan fingerprint density at radius 2 is 2.89 bits per heavy atom. The van der Waals surface area contributed by atoms with Crippen molar-refractivity contribution in [3.05, 3.63) is 16.4 Å². The minimum atomic E-state index is -1.99. The third-order valence-electron chi connectivity index (χ3n) is 0.847. The zero-order valence-corrected chi connectivity index (χ0v) is 4.68. The molecule has 9 heavy (non-hydrogen) atoms. The van der Waals surface area contributed by atoms with Gasteiger partial charge in [0, 0.05) is 10.5 Å². The van der Waals surface area contributed by atoms with Crippen molar-refractivity contribution in [2.75, 3.05) is 0 Å². The minimum absolute atomic E-state index is 0.0184. The van der Waals surface area contributed by atoms with Gasteiger partial charge in [0.05, 0.1) is 0 Å². The Morgan fingerprint density at radius 3 is 3.44 bits per heavy atom. The fourth-order valence-corrected chi connectivity index (χ4v) is 0.487. The molecule has 0 radical (unpaired) electrons. The molecule has 0 fully saturated rings. The Hall–Kier alpha value is -1.06. The summed E-state index contributed by atoms with van der Waals surface area (Å²) in [7, 11) is 0. The van der Waals surface area contributed by atoms with Gasteiger partial charge in [0.1, 0.15) is 0 Å². The standard InChI is InChI=1S/C5H8N2O2/c1-2-3-4-6-5(8)9-7-4/h2-3H2,1H3,(H,6,7,8)/i1D3. The van der Waals surface area contributed by atoms with Crippen LogP contribution in [0.1, 0.15) is 23.2 Å². The van der Waals surface area contributed by atoms with Crippen LogP contribution in [0.15, 0.2) is 9.32 Å². The quantitative estimate of drug-likeness (QED) is 0.628. The van der Waals surface area contributed by atoms with Crippen LogP contribution in [0, 0.1) is 0 Å². The lowest BCUT2D eigenvalue weighted by Gasteiger charge is -1.82. The van der Waals surface area contributed by atoms with Gasteiger partial charge in [-0.25, -0.2) is 4.79 Å². The lowest BCUT2D eigenvalue weighted by Crippen LogP contribution is -1.96. The van der Waals surface area contributed by atoms with Gasteiger partial charge in [0.2, 0.25) is 0 Å². The van der Waals surface area contributed by atoms with E-state index in [4.69, 9.17) is 4.11 Å². The van der Waals surface area contributed by atoms with Crippen molar-refractivity contribution >= 4 is 0 Å². The number of nitrogens with one attached hydrogen (secondary N) is 1. The van der Waals surface area contributed by atoms with Gasteiger partial charge in [-0.15, -0.1) is 0 Å². The maximum Gasteiger partial charge on any atom is 0.438 e. The van der Waals surface area contributed by atoms with E-state index < -0.39 is 12.6 Å². The van der Waals surface area contributed by atoms with Crippen molar-refractivity contribution in [2.24, 2.45) is 0 Å². The van der Waals surface area contributed by atoms with Crippen LogP contribution in [0.2, 0.25) is 0 Å². The van der Waals surface area contributed by atoms with Crippen molar-refractivity contribution in [3.63, 3.8) is 0 Å². The summed E-state index contributed by atoms with van der Waals surface area (Å²) in [5.74, 6) is -0.383. The number of nitrogens with zero attached hydrogens (tertiary/aromatic N) is 1. The number of rotatable bonds is 2. The van der Waals surface area contributed by atoms with Gasteiger partial charge in [-0.1, -0.05) is 12.0 Å². The molecule has 1 heterocycles. The number of aryl methyl sites for hydroxylation is 1. The van der Waals surface area contributed by atoms with E-state index in [0.717, 1.165) is 0 Å². The highest BCUT2D eigenvalue weighted by atomic mass is 16.5. The van der Waals surface area contributed by atoms with Crippen LogP contribution in [0.3, 0.4) is 0 Å². The van der Waals surface area contributed by atoms with Crippen LogP contribution in [-0.4, -0.2) is 10.1 Å². The van der Waals surface area contributed by atoms with Crippen LogP contribution < -0.4 is 5.76 Å². The summed E-state index contributed by atoms with van der Waals surface area (Å²) in [6.45, 7) is -1.99. The zero-order chi connectivity index (χ0) is 9.19. The summed E-state index contributed by atoms with van der Waals surface area (Å²) >= 11 is 0. The predicted molar refractivity (Wildman–Crippen MR) is 31.1 cm³/mol. The summed E-state index contributed by atoms with van der Waals surface area (Å²) in [5, 5.41) is 3.33. The maximum absolute atomic E-state index is 10.4. The zero-order valence-electron chi connectivity index (χ0n) is 7.68. The van der Waals surface area contributed by atoms with Crippen LogP contribution in [-0.2, 0) is 6.42 Å². The molecule has 0 bridgehead atoms. The van der Waals surface area contributed by atoms with Crippen LogP contribution in [0.5, 0.6) is 0 Å². The van der Waals surface area contributed by atoms with E-state index in [1.165, 1.54) is 0 Å². The Balaban J connectivity index is 2.49. The molecule has 0 unspecified atom stereocenters. The number of aromatic amines is 1. The highest BCUT2D eigenvalue weighted by Crippen LogP contribution is 1.88. The average Bonchev–Trinajstić information content (AvgIpc) is 2.30. The third kappa shape index (κ3) is 1.42. The fraction of sp³-hybridized carbons (Fsp3) is 0.600. The number of hydrogen-bond acceptors (Lipinski definition) is 3. The Bertz CT molecular complexity index is 300. The van der Waals surface area contributed by atoms with E-state index in [1.54, 1.807) is 0 Å². The van der Waals surface area contributed by atoms with Crippen molar-refractivity contribution in [3.8, 4) is 0 Å². The molecule has 1 aromatic heterocycles. The molecule has 1 rings (SSSR count). The molecule has 0 aliphatic heterocycles. The first-order valence-electron chi connectivity index (χ1n) is 4.02. The molecule has 0 aliphatic carbocycles. The predicted octanol–water partition coefficient (Wildman–Crippen LogP) is 0.315. The highest BCUT2D eigenvalue weighted by molar-refractivity contribution is 4.76. The van der Waals surface area contributed by atoms with E-state index >= 15 is 0 Å². The molecule has 4 nitrogen and oxygen atoms in total. The molecule has 1 aromatic rings. The van der Waals surface area contributed by atoms with E-state index in [1.807, 2.05) is 0 Å². The maximum atomic E-state index is 10.4. The SMILES string of the molecule is [2H]C([2H])([2H])CCc1noc(=O)[nH]1. The summed E-state index contributed by atoms with van der Waals surface area (Å²) in [6.07, 6.45) is 0.178. The monoisotopic (exact) mass is 131 g/mol. The molecule has 0 atom stereocenters. The number of aromatic nitrogens is 2. The first-order chi connectivity index (χ1) is 5.47. The smallest absolute Gasteiger partial charge is 0.296 e. The first kappa shape index (κ1) is 3.20. The molecule has 0 aromatic carbocycles. The second-order valence-corrected chi connectivity index (χ2v) is 1.54. The van der Waals surface area contributed by atoms with Gasteiger partial charge >= 0.3 is 5.76 Å². The van der Waals surface area contributed by atoms with Crippen LogP contribution in [0.25, 0.3) is 0 Å². The normalized spacial score (nSPS) is 16.2. The van der Waals surface area contributed by atoms with E-state index in [-0.39, 0.29) is 18.7 Å². The summed E-state index contributed by atoms with van der Waals surface area (Å²) < 4.78 is 24.8. The van der Waals surface area contributed by atoms with Crippen LogP contribution >= 0.6 is 0 Å². The van der Waals surface area contributed by atoms with Gasteiger partial charge in [0.15, 0.2) is 5.82 Å². The lowest BCUT2D eigenvalue weighted by molar-refractivity contribution is 0.381. The molecule has 1 N–H and O–H groups in total. The van der Waals surface area contributed by atoms with E-state index in [0.29, 0.717) is 0 Å². The van der Waals surface area contributed by atoms with Crippen molar-refractivity contribution in [1.29, 1.82) is 0 Å². The molecule has 0 saturated carbocycles.